The minimum Gasteiger partial charge on any atom is -0.632 e. The minimum absolute atomic E-state index is 0.160. The Morgan fingerprint density at radius 1 is 1.29 bits per heavy atom. The number of hydrogen-bond donors (Lipinski definition) is 2. The van der Waals surface area contributed by atoms with Gasteiger partial charge in [-0.25, -0.2) is 0 Å². The van der Waals surface area contributed by atoms with E-state index in [1.165, 1.54) is 0 Å². The van der Waals surface area contributed by atoms with Crippen molar-refractivity contribution < 1.29 is 14.9 Å². The number of aliphatic hydroxyl groups excluding tert-OH is 2. The number of aliphatic hydroxyl groups is 2. The molecule has 1 aliphatic rings. The van der Waals surface area contributed by atoms with E-state index >= 15 is 0 Å². The van der Waals surface area contributed by atoms with E-state index in [1.807, 2.05) is 30.3 Å². The molecule has 2 unspecified atom stereocenters. The first-order valence-corrected chi connectivity index (χ1v) is 5.99. The number of nitrogens with zero attached hydrogens (tertiary/aromatic N) is 1. The molecule has 0 radical (unpaired) electrons. The summed E-state index contributed by atoms with van der Waals surface area (Å²) in [4.78, 5) is 0. The first-order valence-electron chi connectivity index (χ1n) is 5.99. The summed E-state index contributed by atoms with van der Waals surface area (Å²) >= 11 is 0. The van der Waals surface area contributed by atoms with Gasteiger partial charge in [-0.3, -0.25) is 0 Å². The summed E-state index contributed by atoms with van der Waals surface area (Å²) in [7, 11) is 0. The summed E-state index contributed by atoms with van der Waals surface area (Å²) in [6, 6.07) is 9.10. The molecule has 94 valence electrons. The predicted octanol–water partition coefficient (Wildman–Crippen LogP) is 1.02. The van der Waals surface area contributed by atoms with Gasteiger partial charge in [0.25, 0.3) is 0 Å². The van der Waals surface area contributed by atoms with Crippen LogP contribution in [0.3, 0.4) is 0 Å². The first-order chi connectivity index (χ1) is 8.01. The van der Waals surface area contributed by atoms with Gasteiger partial charge in [0.1, 0.15) is 31.3 Å². The molecule has 1 aromatic rings. The van der Waals surface area contributed by atoms with Gasteiger partial charge in [0.2, 0.25) is 0 Å². The molecule has 1 saturated heterocycles. The normalized spacial score (nSPS) is 38.0. The molecule has 4 heteroatoms. The summed E-state index contributed by atoms with van der Waals surface area (Å²) in [5.74, 6) is 0. The van der Waals surface area contributed by atoms with E-state index in [1.54, 1.807) is 6.92 Å². The fourth-order valence-electron chi connectivity index (χ4n) is 2.49. The van der Waals surface area contributed by atoms with Gasteiger partial charge in [0.05, 0.1) is 0 Å². The zero-order valence-corrected chi connectivity index (χ0v) is 9.99. The summed E-state index contributed by atoms with van der Waals surface area (Å²) in [5.41, 5.74) is 0.940. The van der Waals surface area contributed by atoms with Crippen LogP contribution in [0.1, 0.15) is 18.9 Å². The van der Waals surface area contributed by atoms with Crippen LogP contribution in [0.4, 0.5) is 0 Å². The number of benzene rings is 1. The second-order valence-electron chi connectivity index (χ2n) is 4.98. The van der Waals surface area contributed by atoms with Crippen molar-refractivity contribution in [2.45, 2.75) is 38.1 Å². The predicted molar refractivity (Wildman–Crippen MR) is 64.7 cm³/mol. The Balaban J connectivity index is 2.16. The summed E-state index contributed by atoms with van der Waals surface area (Å²) < 4.78 is -0.549. The van der Waals surface area contributed by atoms with E-state index in [0.29, 0.717) is 13.0 Å². The van der Waals surface area contributed by atoms with Gasteiger partial charge in [0, 0.05) is 12.0 Å². The van der Waals surface area contributed by atoms with E-state index in [4.69, 9.17) is 0 Å². The fraction of sp³-hybridized carbons (Fsp3) is 0.538. The maximum Gasteiger partial charge on any atom is 0.113 e. The van der Waals surface area contributed by atoms with E-state index in [-0.39, 0.29) is 6.54 Å². The lowest BCUT2D eigenvalue weighted by Crippen LogP contribution is -2.61. The molecular weight excluding hydrogens is 218 g/mol. The highest BCUT2D eigenvalue weighted by molar-refractivity contribution is 5.13. The van der Waals surface area contributed by atoms with E-state index in [2.05, 4.69) is 0 Å². The Kier molecular flexibility index (Phi) is 3.49. The third-order valence-electron chi connectivity index (χ3n) is 3.63. The summed E-state index contributed by atoms with van der Waals surface area (Å²) in [6.45, 7) is 2.22. The van der Waals surface area contributed by atoms with Crippen molar-refractivity contribution in [2.24, 2.45) is 0 Å². The van der Waals surface area contributed by atoms with Gasteiger partial charge in [0.15, 0.2) is 0 Å². The molecule has 1 fully saturated rings. The number of likely N-dealkylation sites (tertiary alicyclic amines) is 1. The topological polar surface area (TPSA) is 63.5 Å². The highest BCUT2D eigenvalue weighted by Gasteiger charge is 2.39. The van der Waals surface area contributed by atoms with Crippen LogP contribution in [0.15, 0.2) is 30.3 Å². The zero-order valence-electron chi connectivity index (χ0n) is 9.99. The molecule has 4 nitrogen and oxygen atoms in total. The van der Waals surface area contributed by atoms with Crippen LogP contribution in [-0.2, 0) is 6.54 Å². The Labute approximate surface area is 101 Å². The van der Waals surface area contributed by atoms with Crippen molar-refractivity contribution in [1.82, 2.24) is 0 Å². The molecule has 0 aliphatic carbocycles. The summed E-state index contributed by atoms with van der Waals surface area (Å²) in [6.07, 6.45) is -1.12. The number of hydrogen-bond acceptors (Lipinski definition) is 3. The van der Waals surface area contributed by atoms with Crippen molar-refractivity contribution in [3.63, 3.8) is 0 Å². The molecule has 4 atom stereocenters. The molecule has 17 heavy (non-hydrogen) atoms. The van der Waals surface area contributed by atoms with Crippen LogP contribution in [-0.4, -0.2) is 39.7 Å². The Morgan fingerprint density at radius 3 is 2.59 bits per heavy atom. The van der Waals surface area contributed by atoms with Crippen LogP contribution in [0.25, 0.3) is 0 Å². The van der Waals surface area contributed by atoms with E-state index < -0.39 is 22.9 Å². The van der Waals surface area contributed by atoms with Crippen molar-refractivity contribution in [2.75, 3.05) is 6.54 Å². The van der Waals surface area contributed by atoms with Gasteiger partial charge in [-0.1, -0.05) is 30.3 Å². The molecule has 0 amide bonds. The Hall–Kier alpha value is -0.940. The molecule has 1 aromatic carbocycles. The van der Waals surface area contributed by atoms with Crippen LogP contribution in [0.5, 0.6) is 0 Å². The lowest BCUT2D eigenvalue weighted by Gasteiger charge is -2.53. The van der Waals surface area contributed by atoms with Gasteiger partial charge in [-0.15, -0.1) is 0 Å². The van der Waals surface area contributed by atoms with Crippen molar-refractivity contribution in [3.05, 3.63) is 41.1 Å². The maximum absolute atomic E-state index is 12.7. The molecule has 0 saturated carbocycles. The second kappa shape index (κ2) is 4.74. The molecule has 0 spiro atoms. The minimum atomic E-state index is -0.722. The third kappa shape index (κ3) is 2.66. The molecule has 1 heterocycles. The van der Waals surface area contributed by atoms with Gasteiger partial charge >= 0.3 is 0 Å². The Bertz CT molecular complexity index is 370. The van der Waals surface area contributed by atoms with Crippen LogP contribution >= 0.6 is 0 Å². The van der Waals surface area contributed by atoms with Crippen molar-refractivity contribution >= 4 is 0 Å². The largest absolute Gasteiger partial charge is 0.632 e. The van der Waals surface area contributed by atoms with Crippen molar-refractivity contribution in [1.29, 1.82) is 0 Å². The molecule has 2 rings (SSSR count). The van der Waals surface area contributed by atoms with Crippen LogP contribution < -0.4 is 0 Å². The number of rotatable bonds is 2. The van der Waals surface area contributed by atoms with E-state index in [0.717, 1.165) is 5.56 Å². The van der Waals surface area contributed by atoms with Crippen LogP contribution in [0, 0.1) is 5.21 Å². The third-order valence-corrected chi connectivity index (χ3v) is 3.63. The maximum atomic E-state index is 12.7. The van der Waals surface area contributed by atoms with E-state index in [9.17, 15) is 15.4 Å². The SMILES string of the molecule is C[C@@H]1C(O)CC(O)C[N@@+]1([O-])Cc1ccccc1. The van der Waals surface area contributed by atoms with Gasteiger partial charge in [-0.2, -0.15) is 0 Å². The highest BCUT2D eigenvalue weighted by Crippen LogP contribution is 2.27. The average molecular weight is 237 g/mol. The van der Waals surface area contributed by atoms with Crippen molar-refractivity contribution in [3.8, 4) is 0 Å². The average Bonchev–Trinajstić information content (AvgIpc) is 2.27. The highest BCUT2D eigenvalue weighted by atomic mass is 16.6. The zero-order chi connectivity index (χ0) is 12.5. The molecule has 1 aliphatic heterocycles. The molecular formula is C13H19NO3. The Morgan fingerprint density at radius 2 is 1.94 bits per heavy atom. The smallest absolute Gasteiger partial charge is 0.113 e. The first kappa shape index (κ1) is 12.5. The van der Waals surface area contributed by atoms with Gasteiger partial charge < -0.3 is 20.1 Å². The second-order valence-corrected chi connectivity index (χ2v) is 4.98. The molecule has 2 N–H and O–H groups in total. The molecule has 0 bridgehead atoms. The molecule has 0 aromatic heterocycles. The van der Waals surface area contributed by atoms with Gasteiger partial charge in [-0.05, 0) is 6.92 Å². The van der Waals surface area contributed by atoms with Crippen LogP contribution in [0.2, 0.25) is 0 Å². The number of piperidine rings is 1. The standard InChI is InChI=1S/C13H19NO3/c1-10-13(16)7-12(15)9-14(10,17)8-11-5-3-2-4-6-11/h2-6,10,12-13,15-16H,7-9H2,1H3/t10-,12?,13?,14+/m1/s1. The number of quaternary nitrogens is 1. The quantitative estimate of drug-likeness (QED) is 0.596. The monoisotopic (exact) mass is 237 g/mol. The lowest BCUT2D eigenvalue weighted by atomic mass is 9.96. The fourth-order valence-corrected chi connectivity index (χ4v) is 2.49. The lowest BCUT2D eigenvalue weighted by molar-refractivity contribution is -0.928. The number of hydroxylamine groups is 3. The summed E-state index contributed by atoms with van der Waals surface area (Å²) in [5, 5.41) is 32.1.